The lowest BCUT2D eigenvalue weighted by Crippen LogP contribution is -2.55. The fourth-order valence-electron chi connectivity index (χ4n) is 4.41. The number of hydrogen-bond donors (Lipinski definition) is 1. The number of nitrogens with one attached hydrogen (secondary N) is 1. The molecular weight excluding hydrogens is 475 g/mol. The van der Waals surface area contributed by atoms with Crippen molar-refractivity contribution in [2.45, 2.75) is 50.2 Å². The molecule has 36 heavy (non-hydrogen) atoms. The molecule has 0 radical (unpaired) electrons. The molecule has 0 unspecified atom stereocenters. The lowest BCUT2D eigenvalue weighted by molar-refractivity contribution is -0.156. The second-order valence-corrected chi connectivity index (χ2v) is 9.18. The van der Waals surface area contributed by atoms with Crippen LogP contribution in [0.1, 0.15) is 19.5 Å². The third-order valence-electron chi connectivity index (χ3n) is 6.05. The minimum Gasteiger partial charge on any atom is -0.491 e. The first-order valence-electron chi connectivity index (χ1n) is 11.6. The fraction of sp³-hybridized carbons (Fsp3) is 0.385. The van der Waals surface area contributed by atoms with Gasteiger partial charge in [0, 0.05) is 0 Å². The van der Waals surface area contributed by atoms with Gasteiger partial charge in [0.25, 0.3) is 0 Å². The van der Waals surface area contributed by atoms with Gasteiger partial charge in [0.15, 0.2) is 11.5 Å². The Bertz CT molecular complexity index is 1180. The van der Waals surface area contributed by atoms with Crippen LogP contribution < -0.4 is 10.1 Å². The molecule has 2 fully saturated rings. The van der Waals surface area contributed by atoms with Crippen molar-refractivity contribution in [3.8, 4) is 16.9 Å². The first-order chi connectivity index (χ1) is 17.2. The molecule has 0 amide bonds. The first-order valence-corrected chi connectivity index (χ1v) is 11.6. The van der Waals surface area contributed by atoms with Crippen molar-refractivity contribution in [2.24, 2.45) is 0 Å². The van der Waals surface area contributed by atoms with Crippen molar-refractivity contribution >= 4 is 5.82 Å². The van der Waals surface area contributed by atoms with Crippen LogP contribution in [-0.4, -0.2) is 53.3 Å². The number of nitrogens with zero attached hydrogens (tertiary/aromatic N) is 2. The number of halogens is 3. The number of aromatic nitrogens is 2. The molecule has 2 aromatic carbocycles. The number of fused-ring (bicyclic) bond motifs is 1. The minimum atomic E-state index is -4.59. The number of anilines is 1. The number of benzene rings is 2. The van der Waals surface area contributed by atoms with E-state index in [0.717, 1.165) is 11.1 Å². The van der Waals surface area contributed by atoms with Crippen molar-refractivity contribution in [3.05, 3.63) is 72.7 Å². The van der Waals surface area contributed by atoms with Crippen molar-refractivity contribution in [1.82, 2.24) is 9.97 Å². The number of alkyl halides is 3. The highest BCUT2D eigenvalue weighted by Crippen LogP contribution is 2.37. The van der Waals surface area contributed by atoms with E-state index in [1.165, 1.54) is 6.20 Å². The van der Waals surface area contributed by atoms with Gasteiger partial charge in [-0.3, -0.25) is 4.98 Å². The van der Waals surface area contributed by atoms with Crippen LogP contribution in [0.3, 0.4) is 0 Å². The Morgan fingerprint density at radius 1 is 0.972 bits per heavy atom. The maximum absolute atomic E-state index is 13.0. The van der Waals surface area contributed by atoms with Gasteiger partial charge in [-0.05, 0) is 37.1 Å². The number of rotatable bonds is 6. The predicted molar refractivity (Wildman–Crippen MR) is 125 cm³/mol. The van der Waals surface area contributed by atoms with E-state index in [1.54, 1.807) is 13.8 Å². The summed E-state index contributed by atoms with van der Waals surface area (Å²) in [6.45, 7) is 3.96. The van der Waals surface area contributed by atoms with E-state index in [1.807, 2.05) is 54.6 Å². The van der Waals surface area contributed by atoms with E-state index < -0.39 is 42.0 Å². The van der Waals surface area contributed by atoms with Gasteiger partial charge in [-0.25, -0.2) is 4.98 Å². The minimum absolute atomic E-state index is 0.0151. The molecule has 7 nitrogen and oxygen atoms in total. The monoisotopic (exact) mass is 501 g/mol. The van der Waals surface area contributed by atoms with E-state index in [4.69, 9.17) is 18.9 Å². The van der Waals surface area contributed by atoms with E-state index in [-0.39, 0.29) is 19.0 Å². The van der Waals surface area contributed by atoms with Crippen molar-refractivity contribution in [3.63, 3.8) is 0 Å². The molecule has 1 N–H and O–H groups in total. The summed E-state index contributed by atoms with van der Waals surface area (Å²) in [5, 5.41) is 2.97. The molecule has 10 heteroatoms. The second-order valence-electron chi connectivity index (χ2n) is 9.18. The summed E-state index contributed by atoms with van der Waals surface area (Å²) < 4.78 is 63.3. The Labute approximate surface area is 206 Å². The molecule has 3 aromatic rings. The zero-order valence-electron chi connectivity index (χ0n) is 19.7. The third-order valence-corrected chi connectivity index (χ3v) is 6.05. The normalized spacial score (nSPS) is 25.2. The second kappa shape index (κ2) is 9.68. The Morgan fingerprint density at radius 3 is 2.39 bits per heavy atom. The van der Waals surface area contributed by atoms with Gasteiger partial charge in [-0.1, -0.05) is 42.5 Å². The van der Waals surface area contributed by atoms with Crippen LogP contribution in [0.4, 0.5) is 19.0 Å². The molecular formula is C26H26F3N3O4. The first kappa shape index (κ1) is 24.5. The zero-order chi connectivity index (χ0) is 25.3. The van der Waals surface area contributed by atoms with Gasteiger partial charge in [-0.15, -0.1) is 0 Å². The largest absolute Gasteiger partial charge is 0.491 e. The molecule has 1 aromatic heterocycles. The van der Waals surface area contributed by atoms with Crippen LogP contribution >= 0.6 is 0 Å². The highest BCUT2D eigenvalue weighted by molar-refractivity contribution is 5.63. The van der Waals surface area contributed by atoms with Gasteiger partial charge in [0.05, 0.1) is 25.0 Å². The molecule has 0 aliphatic carbocycles. The number of ether oxygens (including phenoxy) is 4. The van der Waals surface area contributed by atoms with E-state index >= 15 is 0 Å². The van der Waals surface area contributed by atoms with Crippen molar-refractivity contribution in [1.29, 1.82) is 0 Å². The Balaban J connectivity index is 1.25. The summed E-state index contributed by atoms with van der Waals surface area (Å²) in [6, 6.07) is 17.3. The molecule has 0 saturated carbocycles. The molecule has 0 spiro atoms. The van der Waals surface area contributed by atoms with Crippen LogP contribution in [-0.2, 0) is 20.4 Å². The average molecular weight is 502 g/mol. The standard InChI is InChI=1S/C26H26F3N3O4/c1-25(2)35-23-19(31-22-13-30-12-21(32-22)26(27,28)29)14-34-20(24(23)36-25)15-33-18-10-8-17(9-11-18)16-6-4-3-5-7-16/h3-13,19-20,23-24H,14-15H2,1-2H3,(H,31,32)/t19-,20+,23+,24-/m0/s1. The lowest BCUT2D eigenvalue weighted by atomic mass is 9.98. The van der Waals surface area contributed by atoms with Gasteiger partial charge in [0.2, 0.25) is 0 Å². The molecule has 3 heterocycles. The Kier molecular flexibility index (Phi) is 6.59. The molecule has 2 saturated heterocycles. The Morgan fingerprint density at radius 2 is 1.67 bits per heavy atom. The average Bonchev–Trinajstić information content (AvgIpc) is 3.20. The Hall–Kier alpha value is -3.21. The maximum Gasteiger partial charge on any atom is 0.434 e. The van der Waals surface area contributed by atoms with E-state index in [0.29, 0.717) is 11.9 Å². The summed E-state index contributed by atoms with van der Waals surface area (Å²) in [5.74, 6) is -0.218. The summed E-state index contributed by atoms with van der Waals surface area (Å²) in [7, 11) is 0. The topological polar surface area (TPSA) is 74.7 Å². The SMILES string of the molecule is CC1(C)O[C@@H]2[C@H](O1)[C@@H](Nc1cncc(C(F)(F)F)n1)CO[C@@H]2COc1ccc(-c2ccccc2)cc1. The maximum atomic E-state index is 13.0. The molecule has 2 aliphatic heterocycles. The van der Waals surface area contributed by atoms with E-state index in [2.05, 4.69) is 15.3 Å². The zero-order valence-corrected chi connectivity index (χ0v) is 19.7. The predicted octanol–water partition coefficient (Wildman–Crippen LogP) is 4.94. The fourth-order valence-corrected chi connectivity index (χ4v) is 4.41. The van der Waals surface area contributed by atoms with Crippen LogP contribution in [0.15, 0.2) is 67.0 Å². The summed E-state index contributed by atoms with van der Waals surface area (Å²) >= 11 is 0. The summed E-state index contributed by atoms with van der Waals surface area (Å²) in [6.07, 6.45) is -4.08. The molecule has 5 rings (SSSR count). The van der Waals surface area contributed by atoms with Crippen LogP contribution in [0.5, 0.6) is 5.75 Å². The van der Waals surface area contributed by atoms with Crippen LogP contribution in [0.2, 0.25) is 0 Å². The lowest BCUT2D eigenvalue weighted by Gasteiger charge is -2.37. The van der Waals surface area contributed by atoms with Crippen LogP contribution in [0, 0.1) is 0 Å². The van der Waals surface area contributed by atoms with Crippen molar-refractivity contribution < 1.29 is 32.1 Å². The summed E-state index contributed by atoms with van der Waals surface area (Å²) in [4.78, 5) is 7.29. The molecule has 190 valence electrons. The molecule has 0 bridgehead atoms. The highest BCUT2D eigenvalue weighted by Gasteiger charge is 2.52. The molecule has 4 atom stereocenters. The van der Waals surface area contributed by atoms with Crippen LogP contribution in [0.25, 0.3) is 11.1 Å². The smallest absolute Gasteiger partial charge is 0.434 e. The van der Waals surface area contributed by atoms with Gasteiger partial charge < -0.3 is 24.3 Å². The third kappa shape index (κ3) is 5.45. The van der Waals surface area contributed by atoms with E-state index in [9.17, 15) is 13.2 Å². The summed E-state index contributed by atoms with van der Waals surface area (Å²) in [5.41, 5.74) is 1.12. The quantitative estimate of drug-likeness (QED) is 0.513. The van der Waals surface area contributed by atoms with Gasteiger partial charge in [0.1, 0.15) is 36.5 Å². The van der Waals surface area contributed by atoms with Crippen molar-refractivity contribution in [2.75, 3.05) is 18.5 Å². The van der Waals surface area contributed by atoms with Gasteiger partial charge >= 0.3 is 6.18 Å². The highest BCUT2D eigenvalue weighted by atomic mass is 19.4. The molecule has 2 aliphatic rings. The van der Waals surface area contributed by atoms with Gasteiger partial charge in [-0.2, -0.15) is 13.2 Å². The number of hydrogen-bond acceptors (Lipinski definition) is 7.